The lowest BCUT2D eigenvalue weighted by Crippen LogP contribution is -2.58. The summed E-state index contributed by atoms with van der Waals surface area (Å²) in [7, 11) is -4.82. The van der Waals surface area contributed by atoms with Crippen molar-refractivity contribution in [1.29, 1.82) is 0 Å². The van der Waals surface area contributed by atoms with Crippen LogP contribution in [0.15, 0.2) is 60.7 Å². The molecule has 3 unspecified atom stereocenters. The molecule has 0 bridgehead atoms. The Morgan fingerprint density at radius 2 is 1.06 bits per heavy atom. The summed E-state index contributed by atoms with van der Waals surface area (Å²) in [5.74, 6) is -8.45. The van der Waals surface area contributed by atoms with Gasteiger partial charge >= 0.3 is 8.17 Å². The second kappa shape index (κ2) is 21.1. The van der Waals surface area contributed by atoms with Gasteiger partial charge in [-0.2, -0.15) is 13.9 Å². The molecule has 0 heterocycles. The summed E-state index contributed by atoms with van der Waals surface area (Å²) in [6, 6.07) is 15.0. The summed E-state index contributed by atoms with van der Waals surface area (Å²) in [5, 5.41) is 58.0. The van der Waals surface area contributed by atoms with Crippen LogP contribution in [-0.2, 0) is 45.9 Å². The van der Waals surface area contributed by atoms with Crippen molar-refractivity contribution in [2.24, 2.45) is 0 Å². The molecule has 0 saturated carbocycles. The largest absolute Gasteiger partial charge is 0.606 e. The lowest BCUT2D eigenvalue weighted by molar-refractivity contribution is -0.313. The Balaban J connectivity index is 2.35. The van der Waals surface area contributed by atoms with Gasteiger partial charge in [-0.25, -0.2) is 0 Å². The van der Waals surface area contributed by atoms with Crippen LogP contribution in [0.25, 0.3) is 0 Å². The number of aryl methyl sites for hydroxylation is 1. The highest BCUT2D eigenvalue weighted by Gasteiger charge is 2.33. The van der Waals surface area contributed by atoms with E-state index in [0.29, 0.717) is 18.4 Å². The first kappa shape index (κ1) is 41.1. The summed E-state index contributed by atoms with van der Waals surface area (Å²) in [4.78, 5) is 83.8. The van der Waals surface area contributed by atoms with Gasteiger partial charge in [0.2, 0.25) is 0 Å². The standard InChI is InChI=1S/C31H42N3O14P/c35-27(36)17-32(15-25(14-24-10-5-2-6-11-24)33(18-28(37)38)19-29(39)40)16-26(34(20-30(41)42)21-31(43)44)22-48-49(45,46)47-13-7-12-23-8-3-1-4-9-23/h1-6,8-11,25-26H,7,12-22H2,(H,35,36)(H,37,38)(H,39,40)(H,41,42)(H,43,44)(H,45,46)/p-5. The average Bonchev–Trinajstić information content (AvgIpc) is 3.00. The fourth-order valence-corrected chi connectivity index (χ4v) is 5.86. The van der Waals surface area contributed by atoms with Crippen LogP contribution in [0.1, 0.15) is 17.5 Å². The van der Waals surface area contributed by atoms with Gasteiger partial charge in [-0.3, -0.25) is 14.7 Å². The Morgan fingerprint density at radius 1 is 0.633 bits per heavy atom. The highest BCUT2D eigenvalue weighted by atomic mass is 31.2. The molecular formula is C31H37N3O14P-5. The Hall–Kier alpha value is -4.06. The SMILES string of the molecule is O=C([O-])CN(CC(CO[P+]([O-])(O)OCCCc1ccccc1)N(CC(=O)[O-])CC(=O)[O-])CC(Cc1ccccc1)N(CC(=O)[O-])CC(=O)[O-]. The maximum atomic E-state index is 12.7. The average molecular weight is 707 g/mol. The fourth-order valence-electron chi connectivity index (χ4n) is 5.06. The van der Waals surface area contributed by atoms with E-state index in [1.165, 1.54) is 0 Å². The zero-order chi connectivity index (χ0) is 36.4. The van der Waals surface area contributed by atoms with Gasteiger partial charge in [-0.1, -0.05) is 60.7 Å². The van der Waals surface area contributed by atoms with E-state index in [4.69, 9.17) is 9.05 Å². The van der Waals surface area contributed by atoms with Gasteiger partial charge in [0.25, 0.3) is 0 Å². The minimum absolute atomic E-state index is 0.0173. The van der Waals surface area contributed by atoms with Crippen molar-refractivity contribution in [2.75, 3.05) is 59.0 Å². The van der Waals surface area contributed by atoms with Crippen molar-refractivity contribution >= 4 is 38.0 Å². The summed E-state index contributed by atoms with van der Waals surface area (Å²) < 4.78 is 10.1. The molecule has 2 rings (SSSR count). The first-order valence-corrected chi connectivity index (χ1v) is 16.5. The molecule has 0 aliphatic carbocycles. The van der Waals surface area contributed by atoms with E-state index in [0.717, 1.165) is 20.3 Å². The Morgan fingerprint density at radius 3 is 1.53 bits per heavy atom. The molecule has 49 heavy (non-hydrogen) atoms. The van der Waals surface area contributed by atoms with Gasteiger partial charge in [0.15, 0.2) is 0 Å². The molecule has 0 amide bonds. The van der Waals surface area contributed by atoms with Gasteiger partial charge in [-0.05, 0) is 30.4 Å². The summed E-state index contributed by atoms with van der Waals surface area (Å²) in [6.45, 7) is -6.85. The lowest BCUT2D eigenvalue weighted by Gasteiger charge is -2.40. The molecule has 18 heteroatoms. The maximum absolute atomic E-state index is 12.7. The van der Waals surface area contributed by atoms with Gasteiger partial charge in [0, 0.05) is 51.9 Å². The zero-order valence-corrected chi connectivity index (χ0v) is 27.4. The minimum atomic E-state index is -4.82. The van der Waals surface area contributed by atoms with Gasteiger partial charge in [-0.15, -0.1) is 0 Å². The monoisotopic (exact) mass is 706 g/mol. The summed E-state index contributed by atoms with van der Waals surface area (Å²) >= 11 is 0. The molecular weight excluding hydrogens is 669 g/mol. The molecule has 0 spiro atoms. The number of carbonyl (C=O) groups excluding carboxylic acids is 5. The Labute approximate surface area is 283 Å². The number of carbonyl (C=O) groups is 5. The van der Waals surface area contributed by atoms with Crippen molar-refractivity contribution in [3.05, 3.63) is 71.8 Å². The number of phosphoric ester groups is 1. The number of aliphatic carboxylic acids is 5. The normalized spacial score (nSPS) is 14.0. The van der Waals surface area contributed by atoms with Crippen molar-refractivity contribution < 1.29 is 68.3 Å². The van der Waals surface area contributed by atoms with Crippen LogP contribution in [0.5, 0.6) is 0 Å². The molecule has 3 atom stereocenters. The van der Waals surface area contributed by atoms with Crippen LogP contribution < -0.4 is 30.4 Å². The third kappa shape index (κ3) is 17.8. The molecule has 0 aromatic heterocycles. The van der Waals surface area contributed by atoms with Crippen LogP contribution in [0.3, 0.4) is 0 Å². The van der Waals surface area contributed by atoms with E-state index in [-0.39, 0.29) is 13.0 Å². The third-order valence-electron chi connectivity index (χ3n) is 7.10. The number of phosphoric acid groups is 1. The lowest BCUT2D eigenvalue weighted by atomic mass is 10.0. The molecule has 270 valence electrons. The maximum Gasteiger partial charge on any atom is 0.376 e. The molecule has 0 saturated heterocycles. The first-order valence-electron chi connectivity index (χ1n) is 15.0. The molecule has 17 nitrogen and oxygen atoms in total. The van der Waals surface area contributed by atoms with Crippen LogP contribution in [0.2, 0.25) is 0 Å². The summed E-state index contributed by atoms with van der Waals surface area (Å²) in [6.07, 6.45) is 0.805. The van der Waals surface area contributed by atoms with Crippen LogP contribution >= 0.6 is 8.17 Å². The van der Waals surface area contributed by atoms with E-state index in [2.05, 4.69) is 0 Å². The van der Waals surface area contributed by atoms with Crippen LogP contribution in [-0.4, -0.2) is 121 Å². The predicted octanol–water partition coefficient (Wildman–Crippen LogP) is -6.68. The first-order chi connectivity index (χ1) is 23.1. The molecule has 2 aromatic rings. The van der Waals surface area contributed by atoms with Crippen molar-refractivity contribution in [3.8, 4) is 0 Å². The highest BCUT2D eigenvalue weighted by Crippen LogP contribution is 2.47. The molecule has 0 aliphatic heterocycles. The molecule has 1 N–H and O–H groups in total. The quantitative estimate of drug-likeness (QED) is 0.0703. The summed E-state index contributed by atoms with van der Waals surface area (Å²) in [5.41, 5.74) is 1.54. The van der Waals surface area contributed by atoms with E-state index in [1.807, 2.05) is 30.3 Å². The van der Waals surface area contributed by atoms with E-state index in [1.54, 1.807) is 30.3 Å². The minimum Gasteiger partial charge on any atom is -0.606 e. The number of carboxylic acids is 5. The van der Waals surface area contributed by atoms with Crippen LogP contribution in [0, 0.1) is 0 Å². The van der Waals surface area contributed by atoms with Crippen molar-refractivity contribution in [1.82, 2.24) is 14.7 Å². The number of carboxylic acid groups (broad SMARTS) is 5. The van der Waals surface area contributed by atoms with E-state index in [9.17, 15) is 59.3 Å². The Kier molecular flexibility index (Phi) is 17.7. The van der Waals surface area contributed by atoms with Gasteiger partial charge in [0.1, 0.15) is 6.61 Å². The highest BCUT2D eigenvalue weighted by molar-refractivity contribution is 7.52. The fraction of sp³-hybridized carbons (Fsp3) is 0.452. The Bertz CT molecular complexity index is 1320. The molecule has 2 aromatic carbocycles. The molecule has 0 aliphatic rings. The third-order valence-corrected chi connectivity index (χ3v) is 8.09. The number of hydrogen-bond acceptors (Lipinski definition) is 17. The number of benzene rings is 2. The topological polar surface area (TPSA) is 272 Å². The van der Waals surface area contributed by atoms with Gasteiger partial charge in [0.05, 0.1) is 42.5 Å². The zero-order valence-electron chi connectivity index (χ0n) is 26.5. The molecule has 0 radical (unpaired) electrons. The number of nitrogens with zero attached hydrogens (tertiary/aromatic N) is 3. The van der Waals surface area contributed by atoms with Crippen molar-refractivity contribution in [3.63, 3.8) is 0 Å². The second-order valence-electron chi connectivity index (χ2n) is 11.0. The molecule has 0 fully saturated rings. The predicted molar refractivity (Wildman–Crippen MR) is 158 cm³/mol. The smallest absolute Gasteiger partial charge is 0.376 e. The van der Waals surface area contributed by atoms with Crippen LogP contribution in [0.4, 0.5) is 0 Å². The van der Waals surface area contributed by atoms with Gasteiger partial charge < -0.3 is 54.4 Å². The van der Waals surface area contributed by atoms with Crippen molar-refractivity contribution in [2.45, 2.75) is 31.3 Å². The second-order valence-corrected chi connectivity index (χ2v) is 12.5. The number of hydrogen-bond donors (Lipinski definition) is 1. The number of rotatable bonds is 26. The van der Waals surface area contributed by atoms with E-state index < -0.39 is 103 Å². The van der Waals surface area contributed by atoms with E-state index >= 15 is 0 Å².